The van der Waals surface area contributed by atoms with Gasteiger partial charge in [0.1, 0.15) is 0 Å². The van der Waals surface area contributed by atoms with E-state index in [1.54, 1.807) is 0 Å². The molecule has 0 spiro atoms. The van der Waals surface area contributed by atoms with Crippen LogP contribution in [0.25, 0.3) is 0 Å². The molecular weight excluding hydrogens is 204 g/mol. The maximum absolute atomic E-state index is 5.66. The second kappa shape index (κ2) is 4.02. The van der Waals surface area contributed by atoms with Gasteiger partial charge in [0.05, 0.1) is 4.99 Å². The van der Waals surface area contributed by atoms with E-state index < -0.39 is 0 Å². The van der Waals surface area contributed by atoms with Gasteiger partial charge in [0.15, 0.2) is 0 Å². The van der Waals surface area contributed by atoms with Crippen molar-refractivity contribution in [1.82, 2.24) is 4.90 Å². The number of nitrogens with two attached hydrogens (primary N) is 1. The maximum Gasteiger partial charge on any atom is 0.0733 e. The van der Waals surface area contributed by atoms with Crippen LogP contribution in [0.5, 0.6) is 0 Å². The molecule has 2 rings (SSSR count). The zero-order chi connectivity index (χ0) is 11.1. The first kappa shape index (κ1) is 11.3. The first-order valence-electron chi connectivity index (χ1n) is 6.01. The SMILES string of the molecule is CC(C1CC1)N(C)CC1(CC(N)=S)CC1. The molecule has 15 heavy (non-hydrogen) atoms. The number of thiocarbonyl (C=S) groups is 1. The predicted molar refractivity (Wildman–Crippen MR) is 67.9 cm³/mol. The number of hydrogen-bond acceptors (Lipinski definition) is 2. The van der Waals surface area contributed by atoms with Crippen molar-refractivity contribution >= 4 is 17.2 Å². The lowest BCUT2D eigenvalue weighted by Gasteiger charge is -2.29. The summed E-state index contributed by atoms with van der Waals surface area (Å²) < 4.78 is 0. The minimum Gasteiger partial charge on any atom is -0.393 e. The molecule has 3 heteroatoms. The highest BCUT2D eigenvalue weighted by molar-refractivity contribution is 7.80. The van der Waals surface area contributed by atoms with Crippen molar-refractivity contribution in [2.24, 2.45) is 17.1 Å². The summed E-state index contributed by atoms with van der Waals surface area (Å²) in [6.45, 7) is 3.54. The first-order chi connectivity index (χ1) is 7.02. The summed E-state index contributed by atoms with van der Waals surface area (Å²) in [7, 11) is 2.25. The third-order valence-electron chi connectivity index (χ3n) is 4.09. The molecule has 2 N–H and O–H groups in total. The molecule has 1 unspecified atom stereocenters. The fourth-order valence-corrected chi connectivity index (χ4v) is 2.85. The molecule has 0 amide bonds. The standard InChI is InChI=1S/C12H22N2S/c1-9(10-3-4-10)14(2)8-12(5-6-12)7-11(13)15/h9-10H,3-8H2,1-2H3,(H2,13,15). The smallest absolute Gasteiger partial charge is 0.0733 e. The fraction of sp³-hybridized carbons (Fsp3) is 0.917. The summed E-state index contributed by atoms with van der Waals surface area (Å²) in [5.41, 5.74) is 6.10. The summed E-state index contributed by atoms with van der Waals surface area (Å²) in [6, 6.07) is 0.744. The molecule has 0 bridgehead atoms. The average molecular weight is 226 g/mol. The largest absolute Gasteiger partial charge is 0.393 e. The van der Waals surface area contributed by atoms with Gasteiger partial charge in [-0.1, -0.05) is 12.2 Å². The third kappa shape index (κ3) is 2.91. The molecule has 0 saturated heterocycles. The normalized spacial score (nSPS) is 25.3. The number of nitrogens with zero attached hydrogens (tertiary/aromatic N) is 1. The van der Waals surface area contributed by atoms with Gasteiger partial charge in [-0.15, -0.1) is 0 Å². The van der Waals surface area contributed by atoms with Crippen LogP contribution in [-0.4, -0.2) is 29.5 Å². The zero-order valence-corrected chi connectivity index (χ0v) is 10.6. The summed E-state index contributed by atoms with van der Waals surface area (Å²) in [4.78, 5) is 3.21. The second-order valence-electron chi connectivity index (χ2n) is 5.64. The lowest BCUT2D eigenvalue weighted by atomic mass is 10.0. The molecule has 2 aliphatic carbocycles. The lowest BCUT2D eigenvalue weighted by molar-refractivity contribution is 0.192. The highest BCUT2D eigenvalue weighted by atomic mass is 32.1. The molecular formula is C12H22N2S. The van der Waals surface area contributed by atoms with Crippen molar-refractivity contribution < 1.29 is 0 Å². The average Bonchev–Trinajstić information content (AvgIpc) is 2.96. The topological polar surface area (TPSA) is 29.3 Å². The maximum atomic E-state index is 5.66. The van der Waals surface area contributed by atoms with Gasteiger partial charge >= 0.3 is 0 Å². The molecule has 86 valence electrons. The quantitative estimate of drug-likeness (QED) is 0.704. The molecule has 0 aromatic rings. The van der Waals surface area contributed by atoms with Gasteiger partial charge in [0, 0.05) is 19.0 Å². The Hall–Kier alpha value is -0.150. The van der Waals surface area contributed by atoms with E-state index in [4.69, 9.17) is 18.0 Å². The summed E-state index contributed by atoms with van der Waals surface area (Å²) in [6.07, 6.45) is 6.42. The number of rotatable bonds is 6. The monoisotopic (exact) mass is 226 g/mol. The first-order valence-corrected chi connectivity index (χ1v) is 6.42. The van der Waals surface area contributed by atoms with Gasteiger partial charge in [-0.05, 0) is 51.0 Å². The van der Waals surface area contributed by atoms with Crippen LogP contribution >= 0.6 is 12.2 Å². The van der Waals surface area contributed by atoms with Crippen molar-refractivity contribution in [2.45, 2.75) is 45.1 Å². The molecule has 2 saturated carbocycles. The highest BCUT2D eigenvalue weighted by Crippen LogP contribution is 2.50. The van der Waals surface area contributed by atoms with Gasteiger partial charge in [-0.3, -0.25) is 0 Å². The van der Waals surface area contributed by atoms with Crippen LogP contribution in [0.15, 0.2) is 0 Å². The molecule has 0 radical (unpaired) electrons. The van der Waals surface area contributed by atoms with Crippen LogP contribution in [0.1, 0.15) is 39.0 Å². The molecule has 2 aliphatic rings. The summed E-state index contributed by atoms with van der Waals surface area (Å²) >= 11 is 5.03. The Bertz CT molecular complexity index is 256. The van der Waals surface area contributed by atoms with Crippen molar-refractivity contribution in [3.05, 3.63) is 0 Å². The van der Waals surface area contributed by atoms with Gasteiger partial charge in [0.2, 0.25) is 0 Å². The zero-order valence-electron chi connectivity index (χ0n) is 9.83. The van der Waals surface area contributed by atoms with E-state index in [9.17, 15) is 0 Å². The van der Waals surface area contributed by atoms with Crippen LogP contribution in [0.4, 0.5) is 0 Å². The van der Waals surface area contributed by atoms with Crippen molar-refractivity contribution in [3.63, 3.8) is 0 Å². The van der Waals surface area contributed by atoms with Gasteiger partial charge in [-0.25, -0.2) is 0 Å². The third-order valence-corrected chi connectivity index (χ3v) is 4.23. The molecule has 2 nitrogen and oxygen atoms in total. The van der Waals surface area contributed by atoms with E-state index in [-0.39, 0.29) is 0 Å². The summed E-state index contributed by atoms with van der Waals surface area (Å²) in [5.74, 6) is 0.954. The number of hydrogen-bond donors (Lipinski definition) is 1. The Balaban J connectivity index is 1.82. The van der Waals surface area contributed by atoms with Gasteiger partial charge < -0.3 is 10.6 Å². The van der Waals surface area contributed by atoms with E-state index in [1.807, 2.05) is 0 Å². The predicted octanol–water partition coefficient (Wildman–Crippen LogP) is 2.17. The highest BCUT2D eigenvalue weighted by Gasteiger charge is 2.45. The minimum absolute atomic E-state index is 0.448. The van der Waals surface area contributed by atoms with E-state index in [2.05, 4.69) is 18.9 Å². The van der Waals surface area contributed by atoms with Crippen LogP contribution in [0, 0.1) is 11.3 Å². The Morgan fingerprint density at radius 2 is 2.13 bits per heavy atom. The Kier molecular flexibility index (Phi) is 3.04. The Morgan fingerprint density at radius 3 is 2.53 bits per heavy atom. The molecule has 1 atom stereocenters. The van der Waals surface area contributed by atoms with Gasteiger partial charge in [0.25, 0.3) is 0 Å². The van der Waals surface area contributed by atoms with Crippen molar-refractivity contribution in [3.8, 4) is 0 Å². The van der Waals surface area contributed by atoms with Crippen LogP contribution in [0.2, 0.25) is 0 Å². The van der Waals surface area contributed by atoms with Crippen molar-refractivity contribution in [1.29, 1.82) is 0 Å². The van der Waals surface area contributed by atoms with Crippen LogP contribution in [0.3, 0.4) is 0 Å². The molecule has 0 aliphatic heterocycles. The Morgan fingerprint density at radius 1 is 1.53 bits per heavy atom. The molecule has 0 aromatic heterocycles. The second-order valence-corrected chi connectivity index (χ2v) is 6.16. The molecule has 0 aromatic carbocycles. The molecule has 2 fully saturated rings. The van der Waals surface area contributed by atoms with E-state index >= 15 is 0 Å². The summed E-state index contributed by atoms with van der Waals surface area (Å²) in [5, 5.41) is 0. The van der Waals surface area contributed by atoms with Gasteiger partial charge in [-0.2, -0.15) is 0 Å². The minimum atomic E-state index is 0.448. The molecule has 0 heterocycles. The van der Waals surface area contributed by atoms with E-state index in [1.165, 1.54) is 32.2 Å². The lowest BCUT2D eigenvalue weighted by Crippen LogP contribution is -2.36. The fourth-order valence-electron chi connectivity index (χ4n) is 2.55. The van der Waals surface area contributed by atoms with Crippen LogP contribution < -0.4 is 5.73 Å². The Labute approximate surface area is 98.2 Å². The van der Waals surface area contributed by atoms with E-state index in [0.717, 1.165) is 18.4 Å². The van der Waals surface area contributed by atoms with Crippen molar-refractivity contribution in [2.75, 3.05) is 13.6 Å². The van der Waals surface area contributed by atoms with Crippen LogP contribution in [-0.2, 0) is 0 Å². The van der Waals surface area contributed by atoms with E-state index in [0.29, 0.717) is 10.4 Å².